The van der Waals surface area contributed by atoms with Crippen molar-refractivity contribution in [3.63, 3.8) is 0 Å². The zero-order chi connectivity index (χ0) is 36.5. The molecule has 0 unspecified atom stereocenters. The molecule has 0 aliphatic heterocycles. The lowest BCUT2D eigenvalue weighted by atomic mass is 10.1. The van der Waals surface area contributed by atoms with E-state index in [1.165, 1.54) is 0 Å². The fourth-order valence-corrected chi connectivity index (χ4v) is 5.56. The summed E-state index contributed by atoms with van der Waals surface area (Å²) in [5.74, 6) is 1.61. The van der Waals surface area contributed by atoms with E-state index in [9.17, 15) is 9.59 Å². The molecule has 2 heterocycles. The molecule has 52 heavy (non-hydrogen) atoms. The molecule has 0 radical (unpaired) electrons. The van der Waals surface area contributed by atoms with E-state index in [-0.39, 0.29) is 5.91 Å². The summed E-state index contributed by atoms with van der Waals surface area (Å²) >= 11 is 0. The third kappa shape index (κ3) is 9.09. The highest BCUT2D eigenvalue weighted by atomic mass is 16.5. The second kappa shape index (κ2) is 16.6. The third-order valence-electron chi connectivity index (χ3n) is 8.27. The average Bonchev–Trinajstić information content (AvgIpc) is 3.54. The standard InChI is InChI=1S/C40H43N9O3/c1-5-6-11-30-26-36(49(47-30)31-17-15-27(2)16-18-31)45-40(51)44-34-19-20-35(33-14-8-7-13-32(33)34)52-37-21-22-42-39(46-37)43-29-12-9-10-28(25-29)38(50)41-23-24-48(3)4/h7-10,12-22,25-26H,5-6,11,23-24H2,1-4H3,(H,41,50)(H,42,43,46)(H2,44,45,51). The quantitative estimate of drug-likeness (QED) is 0.0900. The molecule has 0 aliphatic rings. The Bertz CT molecular complexity index is 2160. The molecule has 0 fully saturated rings. The number of nitrogens with one attached hydrogen (secondary N) is 4. The van der Waals surface area contributed by atoms with E-state index in [0.717, 1.165) is 53.5 Å². The van der Waals surface area contributed by atoms with Gasteiger partial charge in [0.2, 0.25) is 11.8 Å². The van der Waals surface area contributed by atoms with Gasteiger partial charge in [0.15, 0.2) is 0 Å². The molecule has 4 aromatic carbocycles. The van der Waals surface area contributed by atoms with E-state index in [1.807, 2.05) is 86.6 Å². The smallest absolute Gasteiger partial charge is 0.324 e. The van der Waals surface area contributed by atoms with Crippen LogP contribution in [0.3, 0.4) is 0 Å². The molecule has 0 saturated carbocycles. The van der Waals surface area contributed by atoms with Crippen LogP contribution in [-0.4, -0.2) is 63.8 Å². The van der Waals surface area contributed by atoms with Crippen molar-refractivity contribution in [2.45, 2.75) is 33.1 Å². The van der Waals surface area contributed by atoms with Gasteiger partial charge in [-0.1, -0.05) is 61.4 Å². The van der Waals surface area contributed by atoms with Crippen LogP contribution in [0.15, 0.2) is 103 Å². The molecule has 4 N–H and O–H groups in total. The number of fused-ring (bicyclic) bond motifs is 1. The highest BCUT2D eigenvalue weighted by Crippen LogP contribution is 2.34. The highest BCUT2D eigenvalue weighted by molar-refractivity contribution is 6.07. The van der Waals surface area contributed by atoms with Gasteiger partial charge < -0.3 is 25.6 Å². The summed E-state index contributed by atoms with van der Waals surface area (Å²) in [5, 5.41) is 18.5. The average molecular weight is 698 g/mol. The minimum atomic E-state index is -0.393. The second-order valence-corrected chi connectivity index (χ2v) is 12.7. The number of benzene rings is 4. The maximum absolute atomic E-state index is 13.4. The van der Waals surface area contributed by atoms with E-state index in [1.54, 1.807) is 47.3 Å². The molecule has 12 nitrogen and oxygen atoms in total. The molecular formula is C40H43N9O3. The summed E-state index contributed by atoms with van der Waals surface area (Å²) in [6, 6.07) is 29.6. The predicted molar refractivity (Wildman–Crippen MR) is 206 cm³/mol. The molecule has 12 heteroatoms. The Labute approximate surface area is 303 Å². The summed E-state index contributed by atoms with van der Waals surface area (Å²) in [6.45, 7) is 5.47. The number of ether oxygens (including phenoxy) is 1. The number of carbonyl (C=O) groups is 2. The van der Waals surface area contributed by atoms with Crippen LogP contribution < -0.4 is 26.0 Å². The fraction of sp³-hybridized carbons (Fsp3) is 0.225. The predicted octanol–water partition coefficient (Wildman–Crippen LogP) is 7.94. The van der Waals surface area contributed by atoms with E-state index >= 15 is 0 Å². The Morgan fingerprint density at radius 3 is 2.48 bits per heavy atom. The molecule has 0 aliphatic carbocycles. The topological polar surface area (TPSA) is 138 Å². The molecule has 266 valence electrons. The first kappa shape index (κ1) is 35.6. The second-order valence-electron chi connectivity index (χ2n) is 12.7. The number of hydrogen-bond acceptors (Lipinski definition) is 8. The van der Waals surface area contributed by atoms with Gasteiger partial charge in [0, 0.05) is 53.4 Å². The fourth-order valence-electron chi connectivity index (χ4n) is 5.56. The largest absolute Gasteiger partial charge is 0.438 e. The molecule has 6 aromatic rings. The molecule has 0 atom stereocenters. The summed E-state index contributed by atoms with van der Waals surface area (Å²) in [7, 11) is 3.92. The number of likely N-dealkylation sites (N-methyl/N-ethyl adjacent to an activating group) is 1. The number of aryl methyl sites for hydroxylation is 2. The van der Waals surface area contributed by atoms with E-state index in [0.29, 0.717) is 46.9 Å². The monoisotopic (exact) mass is 697 g/mol. The van der Waals surface area contributed by atoms with Crippen LogP contribution in [0.1, 0.15) is 41.4 Å². The first-order valence-electron chi connectivity index (χ1n) is 17.3. The molecule has 3 amide bonds. The van der Waals surface area contributed by atoms with Gasteiger partial charge in [-0.3, -0.25) is 10.1 Å². The number of rotatable bonds is 14. The maximum Gasteiger partial charge on any atom is 0.324 e. The van der Waals surface area contributed by atoms with Gasteiger partial charge in [0.25, 0.3) is 5.91 Å². The van der Waals surface area contributed by atoms with Crippen molar-refractivity contribution in [2.24, 2.45) is 0 Å². The van der Waals surface area contributed by atoms with E-state index in [4.69, 9.17) is 9.84 Å². The van der Waals surface area contributed by atoms with E-state index < -0.39 is 6.03 Å². The first-order valence-corrected chi connectivity index (χ1v) is 17.3. The summed E-state index contributed by atoms with van der Waals surface area (Å²) < 4.78 is 8.03. The van der Waals surface area contributed by atoms with Crippen molar-refractivity contribution in [3.8, 4) is 17.3 Å². The Kier molecular flexibility index (Phi) is 11.4. The van der Waals surface area contributed by atoms with Crippen LogP contribution in [0.4, 0.5) is 27.9 Å². The molecule has 0 bridgehead atoms. The van der Waals surface area contributed by atoms with Gasteiger partial charge in [-0.25, -0.2) is 14.5 Å². The van der Waals surface area contributed by atoms with Crippen molar-refractivity contribution in [1.82, 2.24) is 30.0 Å². The minimum absolute atomic E-state index is 0.156. The van der Waals surface area contributed by atoms with Crippen molar-refractivity contribution >= 4 is 45.9 Å². The Hall–Kier alpha value is -6.27. The lowest BCUT2D eigenvalue weighted by Crippen LogP contribution is -2.31. The molecule has 6 rings (SSSR count). The lowest BCUT2D eigenvalue weighted by Gasteiger charge is -2.14. The number of urea groups is 1. The van der Waals surface area contributed by atoms with Crippen molar-refractivity contribution < 1.29 is 14.3 Å². The van der Waals surface area contributed by atoms with E-state index in [2.05, 4.69) is 38.2 Å². The van der Waals surface area contributed by atoms with Crippen LogP contribution in [0.5, 0.6) is 11.6 Å². The summed E-state index contributed by atoms with van der Waals surface area (Å²) in [4.78, 5) is 37.0. The number of aromatic nitrogens is 4. The third-order valence-corrected chi connectivity index (χ3v) is 8.27. The number of anilines is 4. The first-order chi connectivity index (χ1) is 25.2. The van der Waals surface area contributed by atoms with Gasteiger partial charge in [-0.2, -0.15) is 10.1 Å². The van der Waals surface area contributed by atoms with Crippen LogP contribution >= 0.6 is 0 Å². The highest BCUT2D eigenvalue weighted by Gasteiger charge is 2.16. The number of carbonyl (C=O) groups excluding carboxylic acids is 2. The molecular weight excluding hydrogens is 654 g/mol. The zero-order valence-electron chi connectivity index (χ0n) is 29.8. The molecule has 2 aromatic heterocycles. The SMILES string of the molecule is CCCCc1cc(NC(=O)Nc2ccc(Oc3ccnc(Nc4cccc(C(=O)NCCN(C)C)c4)n3)c3ccccc23)n(-c2ccc(C)cc2)n1. The maximum atomic E-state index is 13.4. The van der Waals surface area contributed by atoms with Gasteiger partial charge in [0.05, 0.1) is 17.1 Å². The van der Waals surface area contributed by atoms with Gasteiger partial charge in [0.1, 0.15) is 11.6 Å². The van der Waals surface area contributed by atoms with Crippen LogP contribution in [-0.2, 0) is 6.42 Å². The normalized spacial score (nSPS) is 11.0. The van der Waals surface area contributed by atoms with Gasteiger partial charge in [-0.05, 0) is 76.3 Å². The zero-order valence-corrected chi connectivity index (χ0v) is 29.8. The van der Waals surface area contributed by atoms with Crippen molar-refractivity contribution in [1.29, 1.82) is 0 Å². The number of amides is 3. The Morgan fingerprint density at radius 1 is 0.885 bits per heavy atom. The van der Waals surface area contributed by atoms with Crippen molar-refractivity contribution in [2.75, 3.05) is 43.1 Å². The minimum Gasteiger partial charge on any atom is -0.438 e. The van der Waals surface area contributed by atoms with Crippen LogP contribution in [0, 0.1) is 6.92 Å². The Morgan fingerprint density at radius 2 is 1.69 bits per heavy atom. The summed E-state index contributed by atoms with van der Waals surface area (Å²) in [5.41, 5.74) is 4.73. The molecule has 0 saturated heterocycles. The van der Waals surface area contributed by atoms with Gasteiger partial charge in [-0.15, -0.1) is 0 Å². The lowest BCUT2D eigenvalue weighted by molar-refractivity contribution is 0.0951. The van der Waals surface area contributed by atoms with Crippen molar-refractivity contribution in [3.05, 3.63) is 120 Å². The number of nitrogens with zero attached hydrogens (tertiary/aromatic N) is 5. The number of unbranched alkanes of at least 4 members (excludes halogenated alkanes) is 1. The number of hydrogen-bond donors (Lipinski definition) is 4. The molecule has 0 spiro atoms. The summed E-state index contributed by atoms with van der Waals surface area (Å²) in [6.07, 6.45) is 4.48. The van der Waals surface area contributed by atoms with Crippen LogP contribution in [0.2, 0.25) is 0 Å². The van der Waals surface area contributed by atoms with Crippen LogP contribution in [0.25, 0.3) is 16.5 Å². The van der Waals surface area contributed by atoms with Gasteiger partial charge >= 0.3 is 6.03 Å². The Balaban J connectivity index is 1.16.